The molecule has 1 unspecified atom stereocenters. The lowest BCUT2D eigenvalue weighted by molar-refractivity contribution is 0.280. The van der Waals surface area contributed by atoms with Crippen LogP contribution in [0.3, 0.4) is 0 Å². The van der Waals surface area contributed by atoms with E-state index in [1.165, 1.54) is 25.7 Å². The fraction of sp³-hybridized carbons (Fsp3) is 0.909. The number of hydrogen-bond acceptors (Lipinski definition) is 5. The van der Waals surface area contributed by atoms with Crippen LogP contribution in [0.5, 0.6) is 0 Å². The van der Waals surface area contributed by atoms with Gasteiger partial charge < -0.3 is 5.32 Å². The molecule has 94 valence electrons. The summed E-state index contributed by atoms with van der Waals surface area (Å²) >= 11 is 0. The minimum absolute atomic E-state index is 0.568. The summed E-state index contributed by atoms with van der Waals surface area (Å²) in [6.45, 7) is 3.09. The summed E-state index contributed by atoms with van der Waals surface area (Å²) in [6, 6.07) is 1.21. The summed E-state index contributed by atoms with van der Waals surface area (Å²) in [7, 11) is 2.14. The summed E-state index contributed by atoms with van der Waals surface area (Å²) in [5.74, 6) is 1.01. The van der Waals surface area contributed by atoms with E-state index in [0.29, 0.717) is 12.1 Å². The summed E-state index contributed by atoms with van der Waals surface area (Å²) < 4.78 is 2.00. The highest BCUT2D eigenvalue weighted by Gasteiger charge is 2.28. The predicted molar refractivity (Wildman–Crippen MR) is 63.4 cm³/mol. The summed E-state index contributed by atoms with van der Waals surface area (Å²) in [6.07, 6.45) is 5.05. The van der Waals surface area contributed by atoms with Crippen LogP contribution in [-0.4, -0.2) is 51.3 Å². The van der Waals surface area contributed by atoms with Crippen molar-refractivity contribution >= 4 is 0 Å². The van der Waals surface area contributed by atoms with E-state index in [1.807, 2.05) is 4.68 Å². The molecule has 1 aliphatic heterocycles. The molecular weight excluding hydrogens is 216 g/mol. The Morgan fingerprint density at radius 2 is 2.29 bits per heavy atom. The van der Waals surface area contributed by atoms with Gasteiger partial charge in [0.2, 0.25) is 0 Å². The van der Waals surface area contributed by atoms with Gasteiger partial charge in [-0.1, -0.05) is 0 Å². The molecule has 1 saturated carbocycles. The molecule has 6 heteroatoms. The van der Waals surface area contributed by atoms with E-state index in [-0.39, 0.29) is 0 Å². The number of aromatic nitrogens is 4. The van der Waals surface area contributed by atoms with E-state index in [4.69, 9.17) is 0 Å². The zero-order valence-electron chi connectivity index (χ0n) is 10.3. The van der Waals surface area contributed by atoms with Crippen LogP contribution in [0.25, 0.3) is 0 Å². The van der Waals surface area contributed by atoms with Crippen molar-refractivity contribution in [1.82, 2.24) is 30.4 Å². The lowest BCUT2D eigenvalue weighted by Crippen LogP contribution is -2.35. The number of nitrogens with zero attached hydrogens (tertiary/aromatic N) is 5. The molecule has 1 aromatic rings. The molecule has 0 amide bonds. The van der Waals surface area contributed by atoms with Crippen LogP contribution in [0.1, 0.15) is 37.5 Å². The van der Waals surface area contributed by atoms with Gasteiger partial charge in [0.15, 0.2) is 5.82 Å². The molecule has 0 bridgehead atoms. The molecule has 2 heterocycles. The third kappa shape index (κ3) is 2.63. The lowest BCUT2D eigenvalue weighted by atomic mass is 10.2. The highest BCUT2D eigenvalue weighted by molar-refractivity contribution is 4.90. The van der Waals surface area contributed by atoms with Crippen LogP contribution in [-0.2, 0) is 6.54 Å². The Labute approximate surface area is 101 Å². The molecule has 2 aliphatic rings. The Bertz CT molecular complexity index is 366. The Morgan fingerprint density at radius 3 is 3.00 bits per heavy atom. The third-order valence-electron chi connectivity index (χ3n) is 3.56. The SMILES string of the molecule is CN(Cc1nnnn1C1CC1)CC1CCCN1. The van der Waals surface area contributed by atoms with Crippen molar-refractivity contribution < 1.29 is 0 Å². The van der Waals surface area contributed by atoms with Gasteiger partial charge in [-0.05, 0) is 49.7 Å². The van der Waals surface area contributed by atoms with Crippen molar-refractivity contribution in [2.45, 2.75) is 44.3 Å². The molecule has 1 aliphatic carbocycles. The highest BCUT2D eigenvalue weighted by Crippen LogP contribution is 2.34. The summed E-state index contributed by atoms with van der Waals surface area (Å²) in [4.78, 5) is 2.31. The van der Waals surface area contributed by atoms with E-state index < -0.39 is 0 Å². The minimum atomic E-state index is 0.568. The monoisotopic (exact) mass is 236 g/mol. The second kappa shape index (κ2) is 4.70. The van der Waals surface area contributed by atoms with Crippen LogP contribution < -0.4 is 5.32 Å². The first-order valence-corrected chi connectivity index (χ1v) is 6.51. The van der Waals surface area contributed by atoms with Gasteiger partial charge in [-0.3, -0.25) is 4.90 Å². The number of likely N-dealkylation sites (N-methyl/N-ethyl adjacent to an activating group) is 1. The molecule has 2 fully saturated rings. The second-order valence-electron chi connectivity index (χ2n) is 5.26. The maximum absolute atomic E-state index is 4.13. The van der Waals surface area contributed by atoms with Crippen LogP contribution in [0.2, 0.25) is 0 Å². The second-order valence-corrected chi connectivity index (χ2v) is 5.26. The first-order valence-electron chi connectivity index (χ1n) is 6.51. The van der Waals surface area contributed by atoms with Crippen molar-refractivity contribution in [1.29, 1.82) is 0 Å². The molecule has 1 aromatic heterocycles. The van der Waals surface area contributed by atoms with E-state index in [1.54, 1.807) is 0 Å². The predicted octanol–water partition coefficient (Wildman–Crippen LogP) is 0.192. The van der Waals surface area contributed by atoms with Crippen LogP contribution in [0, 0.1) is 0 Å². The molecule has 3 rings (SSSR count). The topological polar surface area (TPSA) is 58.9 Å². The van der Waals surface area contributed by atoms with Crippen LogP contribution in [0.15, 0.2) is 0 Å². The molecule has 0 spiro atoms. The summed E-state index contributed by atoms with van der Waals surface area (Å²) in [5.41, 5.74) is 0. The minimum Gasteiger partial charge on any atom is -0.313 e. The molecule has 0 radical (unpaired) electrons. The van der Waals surface area contributed by atoms with Gasteiger partial charge >= 0.3 is 0 Å². The molecule has 1 saturated heterocycles. The van der Waals surface area contributed by atoms with Gasteiger partial charge in [-0.25, -0.2) is 4.68 Å². The van der Waals surface area contributed by atoms with Crippen molar-refractivity contribution in [3.63, 3.8) is 0 Å². The normalized spacial score (nSPS) is 24.7. The number of tetrazole rings is 1. The zero-order chi connectivity index (χ0) is 11.7. The average Bonchev–Trinajstić information content (AvgIpc) is 2.84. The fourth-order valence-electron chi connectivity index (χ4n) is 2.51. The maximum Gasteiger partial charge on any atom is 0.165 e. The van der Waals surface area contributed by atoms with Crippen molar-refractivity contribution in [3.8, 4) is 0 Å². The average molecular weight is 236 g/mol. The van der Waals surface area contributed by atoms with E-state index >= 15 is 0 Å². The summed E-state index contributed by atoms with van der Waals surface area (Å²) in [5, 5.41) is 15.5. The first-order chi connectivity index (χ1) is 8.33. The quantitative estimate of drug-likeness (QED) is 0.791. The lowest BCUT2D eigenvalue weighted by Gasteiger charge is -2.20. The molecule has 1 N–H and O–H groups in total. The number of rotatable bonds is 5. The molecule has 17 heavy (non-hydrogen) atoms. The molecule has 1 atom stereocenters. The highest BCUT2D eigenvalue weighted by atomic mass is 15.6. The Morgan fingerprint density at radius 1 is 1.41 bits per heavy atom. The molecule has 6 nitrogen and oxygen atoms in total. The Balaban J connectivity index is 1.55. The third-order valence-corrected chi connectivity index (χ3v) is 3.56. The Hall–Kier alpha value is -1.01. The molecule has 0 aromatic carbocycles. The van der Waals surface area contributed by atoms with Gasteiger partial charge in [-0.15, -0.1) is 5.10 Å². The van der Waals surface area contributed by atoms with Gasteiger partial charge in [0, 0.05) is 12.6 Å². The van der Waals surface area contributed by atoms with Gasteiger partial charge in [0.1, 0.15) is 0 Å². The van der Waals surface area contributed by atoms with Gasteiger partial charge in [0.25, 0.3) is 0 Å². The van der Waals surface area contributed by atoms with E-state index in [2.05, 4.69) is 32.8 Å². The van der Waals surface area contributed by atoms with Gasteiger partial charge in [0.05, 0.1) is 12.6 Å². The van der Waals surface area contributed by atoms with Crippen LogP contribution >= 0.6 is 0 Å². The molecular formula is C11H20N6. The van der Waals surface area contributed by atoms with E-state index in [0.717, 1.165) is 25.5 Å². The smallest absolute Gasteiger partial charge is 0.165 e. The van der Waals surface area contributed by atoms with Crippen molar-refractivity contribution in [2.75, 3.05) is 20.1 Å². The largest absolute Gasteiger partial charge is 0.313 e. The maximum atomic E-state index is 4.13. The van der Waals surface area contributed by atoms with Crippen molar-refractivity contribution in [3.05, 3.63) is 5.82 Å². The number of hydrogen-bond donors (Lipinski definition) is 1. The number of nitrogens with one attached hydrogen (secondary N) is 1. The van der Waals surface area contributed by atoms with Gasteiger partial charge in [-0.2, -0.15) is 0 Å². The fourth-order valence-corrected chi connectivity index (χ4v) is 2.51. The van der Waals surface area contributed by atoms with Crippen molar-refractivity contribution in [2.24, 2.45) is 0 Å². The first kappa shape index (κ1) is 11.1. The van der Waals surface area contributed by atoms with Crippen LogP contribution in [0.4, 0.5) is 0 Å². The van der Waals surface area contributed by atoms with E-state index in [9.17, 15) is 0 Å². The Kier molecular flexibility index (Phi) is 3.07. The zero-order valence-corrected chi connectivity index (χ0v) is 10.3. The standard InChI is InChI=1S/C11H20N6/c1-16(7-9-3-2-6-12-9)8-11-13-14-15-17(11)10-4-5-10/h9-10,12H,2-8H2,1H3.